The van der Waals surface area contributed by atoms with Gasteiger partial charge in [-0.25, -0.2) is 8.42 Å². The number of nitro benzene ring substituents is 1. The van der Waals surface area contributed by atoms with Crippen molar-refractivity contribution in [3.8, 4) is 0 Å². The van der Waals surface area contributed by atoms with Gasteiger partial charge in [0.25, 0.3) is 21.6 Å². The van der Waals surface area contributed by atoms with Crippen molar-refractivity contribution in [2.24, 2.45) is 0 Å². The Morgan fingerprint density at radius 2 is 1.72 bits per heavy atom. The number of carbonyl (C=O) groups is 1. The number of para-hydroxylation sites is 2. The second kappa shape index (κ2) is 6.52. The van der Waals surface area contributed by atoms with Gasteiger partial charge in [-0.3, -0.25) is 19.6 Å². The van der Waals surface area contributed by atoms with Crippen molar-refractivity contribution in [1.82, 2.24) is 5.32 Å². The van der Waals surface area contributed by atoms with E-state index in [-0.39, 0.29) is 23.2 Å². The second-order valence-electron chi connectivity index (χ2n) is 5.62. The molecule has 25 heavy (non-hydrogen) atoms. The fourth-order valence-electron chi connectivity index (χ4n) is 2.30. The van der Waals surface area contributed by atoms with E-state index in [4.69, 9.17) is 0 Å². The molecule has 0 spiro atoms. The number of hydrogen-bond donors (Lipinski definition) is 2. The minimum Gasteiger partial charge on any atom is -0.349 e. The first-order chi connectivity index (χ1) is 11.9. The molecule has 0 aromatic heterocycles. The molecule has 2 aromatic carbocycles. The lowest BCUT2D eigenvalue weighted by molar-refractivity contribution is -0.387. The lowest BCUT2D eigenvalue weighted by Gasteiger charge is -2.12. The number of nitrogens with zero attached hydrogens (tertiary/aromatic N) is 1. The van der Waals surface area contributed by atoms with Crippen molar-refractivity contribution in [3.05, 3.63) is 64.2 Å². The normalized spacial score (nSPS) is 13.9. The minimum atomic E-state index is -4.23. The van der Waals surface area contributed by atoms with Gasteiger partial charge < -0.3 is 5.32 Å². The first kappa shape index (κ1) is 16.9. The van der Waals surface area contributed by atoms with Crippen LogP contribution in [0, 0.1) is 10.1 Å². The monoisotopic (exact) mass is 361 g/mol. The van der Waals surface area contributed by atoms with Crippen LogP contribution in [0.1, 0.15) is 23.2 Å². The maximum atomic E-state index is 12.6. The first-order valence-electron chi connectivity index (χ1n) is 7.54. The molecule has 2 aromatic rings. The number of carbonyl (C=O) groups excluding carboxylic acids is 1. The summed E-state index contributed by atoms with van der Waals surface area (Å²) in [5, 5.41) is 13.9. The van der Waals surface area contributed by atoms with Crippen LogP contribution in [-0.2, 0) is 10.0 Å². The van der Waals surface area contributed by atoms with Crippen LogP contribution in [0.3, 0.4) is 0 Å². The highest BCUT2D eigenvalue weighted by Gasteiger charge is 2.28. The third kappa shape index (κ3) is 3.77. The zero-order chi connectivity index (χ0) is 18.0. The molecule has 0 radical (unpaired) electrons. The molecule has 0 saturated heterocycles. The van der Waals surface area contributed by atoms with E-state index in [1.165, 1.54) is 24.3 Å². The van der Waals surface area contributed by atoms with Crippen LogP contribution in [0.25, 0.3) is 0 Å². The molecule has 8 nitrogen and oxygen atoms in total. The minimum absolute atomic E-state index is 0.0683. The van der Waals surface area contributed by atoms with Crippen molar-refractivity contribution in [2.75, 3.05) is 4.72 Å². The Balaban J connectivity index is 1.94. The summed E-state index contributed by atoms with van der Waals surface area (Å²) in [5.41, 5.74) is -0.301. The maximum Gasteiger partial charge on any atom is 0.289 e. The van der Waals surface area contributed by atoms with Gasteiger partial charge in [-0.05, 0) is 31.0 Å². The lowest BCUT2D eigenvalue weighted by Crippen LogP contribution is -2.27. The molecule has 0 unspecified atom stereocenters. The van der Waals surface area contributed by atoms with Gasteiger partial charge in [0.05, 0.1) is 16.2 Å². The molecule has 0 heterocycles. The van der Waals surface area contributed by atoms with Crippen LogP contribution in [0.15, 0.2) is 53.4 Å². The Morgan fingerprint density at radius 1 is 1.08 bits per heavy atom. The van der Waals surface area contributed by atoms with Gasteiger partial charge in [0.2, 0.25) is 0 Å². The molecular formula is C16H15N3O5S. The Bertz CT molecular complexity index is 938. The van der Waals surface area contributed by atoms with Gasteiger partial charge in [0.15, 0.2) is 4.90 Å². The average Bonchev–Trinajstić information content (AvgIpc) is 3.39. The molecule has 130 valence electrons. The molecule has 2 N–H and O–H groups in total. The van der Waals surface area contributed by atoms with Gasteiger partial charge in [0.1, 0.15) is 0 Å². The van der Waals surface area contributed by atoms with E-state index in [1.54, 1.807) is 12.1 Å². The van der Waals surface area contributed by atoms with E-state index >= 15 is 0 Å². The number of rotatable bonds is 6. The van der Waals surface area contributed by atoms with Crippen LogP contribution in [0.5, 0.6) is 0 Å². The number of amides is 1. The van der Waals surface area contributed by atoms with Gasteiger partial charge in [-0.15, -0.1) is 0 Å². The summed E-state index contributed by atoms with van der Waals surface area (Å²) in [7, 11) is -4.23. The quantitative estimate of drug-likeness (QED) is 0.604. The summed E-state index contributed by atoms with van der Waals surface area (Å²) < 4.78 is 27.5. The van der Waals surface area contributed by atoms with Crippen LogP contribution in [0.2, 0.25) is 0 Å². The third-order valence-electron chi connectivity index (χ3n) is 3.68. The summed E-state index contributed by atoms with van der Waals surface area (Å²) in [6.45, 7) is 0. The first-order valence-corrected chi connectivity index (χ1v) is 9.03. The lowest BCUT2D eigenvalue weighted by atomic mass is 10.1. The molecule has 1 fully saturated rings. The van der Waals surface area contributed by atoms with Crippen LogP contribution < -0.4 is 10.0 Å². The number of anilines is 1. The molecule has 0 bridgehead atoms. The second-order valence-corrected chi connectivity index (χ2v) is 7.27. The summed E-state index contributed by atoms with van der Waals surface area (Å²) in [5.74, 6) is -0.386. The van der Waals surface area contributed by atoms with E-state index in [0.29, 0.717) is 0 Å². The molecule has 0 atom stereocenters. The van der Waals surface area contributed by atoms with Crippen molar-refractivity contribution < 1.29 is 18.1 Å². The van der Waals surface area contributed by atoms with E-state index in [1.807, 2.05) is 0 Å². The predicted molar refractivity (Wildman–Crippen MR) is 90.8 cm³/mol. The largest absolute Gasteiger partial charge is 0.349 e. The van der Waals surface area contributed by atoms with Crippen molar-refractivity contribution in [1.29, 1.82) is 0 Å². The van der Waals surface area contributed by atoms with Crippen LogP contribution in [-0.4, -0.2) is 25.3 Å². The number of benzene rings is 2. The average molecular weight is 361 g/mol. The summed E-state index contributed by atoms with van der Waals surface area (Å²) in [6, 6.07) is 11.3. The zero-order valence-corrected chi connectivity index (χ0v) is 13.8. The highest BCUT2D eigenvalue weighted by Crippen LogP contribution is 2.27. The SMILES string of the molecule is O=C(NC1CC1)c1ccccc1NS(=O)(=O)c1ccccc1[N+](=O)[O-]. The summed E-state index contributed by atoms with van der Waals surface area (Å²) >= 11 is 0. The molecule has 1 aliphatic rings. The molecule has 1 aliphatic carbocycles. The molecule has 9 heteroatoms. The fourth-order valence-corrected chi connectivity index (χ4v) is 3.55. The molecule has 1 saturated carbocycles. The number of hydrogen-bond acceptors (Lipinski definition) is 5. The smallest absolute Gasteiger partial charge is 0.289 e. The molecule has 3 rings (SSSR count). The number of nitrogens with one attached hydrogen (secondary N) is 2. The number of nitro groups is 1. The van der Waals surface area contributed by atoms with Crippen LogP contribution in [0.4, 0.5) is 11.4 Å². The molecule has 1 amide bonds. The van der Waals surface area contributed by atoms with Gasteiger partial charge in [-0.2, -0.15) is 0 Å². The molecular weight excluding hydrogens is 346 g/mol. The molecule has 0 aliphatic heterocycles. The van der Waals surface area contributed by atoms with Gasteiger partial charge in [-0.1, -0.05) is 24.3 Å². The van der Waals surface area contributed by atoms with Gasteiger partial charge in [0, 0.05) is 12.1 Å². The Labute approximate surface area is 144 Å². The standard InChI is InChI=1S/C16H15N3O5S/c20-16(17-11-9-10-11)12-5-1-2-6-13(12)18-25(23,24)15-8-4-3-7-14(15)19(21)22/h1-8,11,18H,9-10H2,(H,17,20). The van der Waals surface area contributed by atoms with Crippen LogP contribution >= 0.6 is 0 Å². The van der Waals surface area contributed by atoms with E-state index in [9.17, 15) is 23.3 Å². The Kier molecular flexibility index (Phi) is 4.41. The van der Waals surface area contributed by atoms with Crippen molar-refractivity contribution >= 4 is 27.3 Å². The third-order valence-corrected chi connectivity index (χ3v) is 5.09. The van der Waals surface area contributed by atoms with E-state index < -0.39 is 25.5 Å². The van der Waals surface area contributed by atoms with Gasteiger partial charge >= 0.3 is 0 Å². The summed E-state index contributed by atoms with van der Waals surface area (Å²) in [4.78, 5) is 22.1. The zero-order valence-electron chi connectivity index (χ0n) is 13.0. The highest BCUT2D eigenvalue weighted by atomic mass is 32.2. The highest BCUT2D eigenvalue weighted by molar-refractivity contribution is 7.92. The number of sulfonamides is 1. The predicted octanol–water partition coefficient (Wildman–Crippen LogP) is 2.29. The van der Waals surface area contributed by atoms with E-state index in [2.05, 4.69) is 10.0 Å². The fraction of sp³-hybridized carbons (Fsp3) is 0.188. The summed E-state index contributed by atoms with van der Waals surface area (Å²) in [6.07, 6.45) is 1.80. The maximum absolute atomic E-state index is 12.6. The van der Waals surface area contributed by atoms with E-state index in [0.717, 1.165) is 25.0 Å². The van der Waals surface area contributed by atoms with Crippen molar-refractivity contribution in [2.45, 2.75) is 23.8 Å². The Hall–Kier alpha value is -2.94. The topological polar surface area (TPSA) is 118 Å². The Morgan fingerprint density at radius 3 is 2.40 bits per heavy atom. The van der Waals surface area contributed by atoms with Crippen molar-refractivity contribution in [3.63, 3.8) is 0 Å².